The Hall–Kier alpha value is -2.36. The number of pyridine rings is 1. The van der Waals surface area contributed by atoms with Crippen molar-refractivity contribution >= 4 is 16.7 Å². The number of benzene rings is 1. The maximum Gasteiger partial charge on any atom is 0.131 e. The van der Waals surface area contributed by atoms with Gasteiger partial charge in [0.25, 0.3) is 0 Å². The molecule has 2 aromatic heterocycles. The van der Waals surface area contributed by atoms with Gasteiger partial charge in [-0.25, -0.2) is 4.98 Å². The molecule has 3 rings (SSSR count). The van der Waals surface area contributed by atoms with Gasteiger partial charge in [0, 0.05) is 29.6 Å². The molecule has 0 spiro atoms. The van der Waals surface area contributed by atoms with Gasteiger partial charge in [-0.3, -0.25) is 4.98 Å². The highest BCUT2D eigenvalue weighted by atomic mass is 15.1. The van der Waals surface area contributed by atoms with Crippen LogP contribution >= 0.6 is 0 Å². The predicted octanol–water partition coefficient (Wildman–Crippen LogP) is 3.82. The van der Waals surface area contributed by atoms with E-state index >= 15 is 0 Å². The van der Waals surface area contributed by atoms with Crippen LogP contribution in [0.5, 0.6) is 0 Å². The Kier molecular flexibility index (Phi) is 3.37. The largest absolute Gasteiger partial charge is 0.383 e. The fourth-order valence-electron chi connectivity index (χ4n) is 2.69. The summed E-state index contributed by atoms with van der Waals surface area (Å²) in [5, 5.41) is 1.10. The van der Waals surface area contributed by atoms with Gasteiger partial charge in [0.05, 0.1) is 5.52 Å². The van der Waals surface area contributed by atoms with Crippen LogP contribution in [-0.4, -0.2) is 14.5 Å². The van der Waals surface area contributed by atoms with Gasteiger partial charge in [0.15, 0.2) is 0 Å². The number of aromatic nitrogens is 3. The second-order valence-corrected chi connectivity index (χ2v) is 5.51. The first-order chi connectivity index (χ1) is 10.1. The fourth-order valence-corrected chi connectivity index (χ4v) is 2.69. The van der Waals surface area contributed by atoms with E-state index in [0.29, 0.717) is 5.92 Å². The number of anilines is 1. The van der Waals surface area contributed by atoms with Gasteiger partial charge < -0.3 is 10.3 Å². The maximum absolute atomic E-state index is 6.31. The Morgan fingerprint density at radius 3 is 2.71 bits per heavy atom. The standard InChI is InChI=1S/C17H20N4/c1-4-21-16(18)15(20-17(21)11(2)3)13-7-8-14-12(10-13)6-5-9-19-14/h5-11H,4,18H2,1-3H3. The van der Waals surface area contributed by atoms with E-state index in [2.05, 4.69) is 42.5 Å². The number of hydrogen-bond acceptors (Lipinski definition) is 3. The lowest BCUT2D eigenvalue weighted by Gasteiger charge is -2.08. The van der Waals surface area contributed by atoms with E-state index in [0.717, 1.165) is 40.3 Å². The van der Waals surface area contributed by atoms with E-state index in [-0.39, 0.29) is 0 Å². The molecule has 4 heteroatoms. The van der Waals surface area contributed by atoms with Crippen molar-refractivity contribution < 1.29 is 0 Å². The lowest BCUT2D eigenvalue weighted by atomic mass is 10.1. The minimum absolute atomic E-state index is 0.350. The summed E-state index contributed by atoms with van der Waals surface area (Å²) in [6.45, 7) is 7.21. The van der Waals surface area contributed by atoms with E-state index in [9.17, 15) is 0 Å². The predicted molar refractivity (Wildman–Crippen MR) is 87.1 cm³/mol. The molecule has 3 aromatic rings. The summed E-state index contributed by atoms with van der Waals surface area (Å²) in [6.07, 6.45) is 1.80. The third kappa shape index (κ3) is 2.27. The quantitative estimate of drug-likeness (QED) is 0.793. The number of rotatable bonds is 3. The number of hydrogen-bond donors (Lipinski definition) is 1. The van der Waals surface area contributed by atoms with Crippen molar-refractivity contribution in [2.45, 2.75) is 33.2 Å². The van der Waals surface area contributed by atoms with Crippen molar-refractivity contribution in [1.29, 1.82) is 0 Å². The van der Waals surface area contributed by atoms with Crippen molar-refractivity contribution in [2.75, 3.05) is 5.73 Å². The third-order valence-electron chi connectivity index (χ3n) is 3.75. The first-order valence-corrected chi connectivity index (χ1v) is 7.32. The van der Waals surface area contributed by atoms with E-state index in [1.807, 2.05) is 18.2 Å². The number of imidazole rings is 1. The molecule has 0 aliphatic rings. The maximum atomic E-state index is 6.31. The summed E-state index contributed by atoms with van der Waals surface area (Å²) in [7, 11) is 0. The van der Waals surface area contributed by atoms with Gasteiger partial charge in [0.1, 0.15) is 17.3 Å². The molecule has 0 radical (unpaired) electrons. The first-order valence-electron chi connectivity index (χ1n) is 7.32. The normalized spacial score (nSPS) is 11.4. The van der Waals surface area contributed by atoms with E-state index in [1.165, 1.54) is 0 Å². The molecule has 0 saturated heterocycles. The van der Waals surface area contributed by atoms with Gasteiger partial charge in [-0.1, -0.05) is 26.0 Å². The van der Waals surface area contributed by atoms with Crippen LogP contribution in [0.2, 0.25) is 0 Å². The molecule has 0 aliphatic heterocycles. The topological polar surface area (TPSA) is 56.7 Å². The highest BCUT2D eigenvalue weighted by Crippen LogP contribution is 2.30. The van der Waals surface area contributed by atoms with Crippen LogP contribution in [0, 0.1) is 0 Å². The average molecular weight is 280 g/mol. The van der Waals surface area contributed by atoms with Gasteiger partial charge in [-0.15, -0.1) is 0 Å². The fraction of sp³-hybridized carbons (Fsp3) is 0.294. The van der Waals surface area contributed by atoms with Crippen molar-refractivity contribution in [3.05, 3.63) is 42.4 Å². The van der Waals surface area contributed by atoms with Crippen molar-refractivity contribution in [3.63, 3.8) is 0 Å². The SMILES string of the molecule is CCn1c(C(C)C)nc(-c2ccc3ncccc3c2)c1N. The van der Waals surface area contributed by atoms with Crippen molar-refractivity contribution in [2.24, 2.45) is 0 Å². The number of fused-ring (bicyclic) bond motifs is 1. The lowest BCUT2D eigenvalue weighted by Crippen LogP contribution is -2.06. The van der Waals surface area contributed by atoms with Gasteiger partial charge in [0.2, 0.25) is 0 Å². The Morgan fingerprint density at radius 1 is 1.24 bits per heavy atom. The molecule has 2 heterocycles. The highest BCUT2D eigenvalue weighted by Gasteiger charge is 2.17. The first kappa shape index (κ1) is 13.6. The van der Waals surface area contributed by atoms with Crippen LogP contribution in [0.15, 0.2) is 36.5 Å². The van der Waals surface area contributed by atoms with Gasteiger partial charge >= 0.3 is 0 Å². The summed E-state index contributed by atoms with van der Waals surface area (Å²) < 4.78 is 2.09. The Morgan fingerprint density at radius 2 is 2.05 bits per heavy atom. The van der Waals surface area contributed by atoms with Crippen molar-refractivity contribution in [3.8, 4) is 11.3 Å². The second-order valence-electron chi connectivity index (χ2n) is 5.51. The van der Waals surface area contributed by atoms with Crippen molar-refractivity contribution in [1.82, 2.24) is 14.5 Å². The molecule has 0 atom stereocenters. The van der Waals surface area contributed by atoms with Crippen LogP contribution in [0.4, 0.5) is 5.82 Å². The molecule has 2 N–H and O–H groups in total. The molecule has 0 aliphatic carbocycles. The summed E-state index contributed by atoms with van der Waals surface area (Å²) in [5.41, 5.74) is 9.21. The minimum Gasteiger partial charge on any atom is -0.383 e. The molecule has 0 bridgehead atoms. The van der Waals surface area contributed by atoms with Crippen LogP contribution in [0.25, 0.3) is 22.2 Å². The van der Waals surface area contributed by atoms with Crippen LogP contribution in [0.1, 0.15) is 32.5 Å². The molecule has 21 heavy (non-hydrogen) atoms. The lowest BCUT2D eigenvalue weighted by molar-refractivity contribution is 0.658. The molecule has 0 amide bonds. The van der Waals surface area contributed by atoms with Crippen LogP contribution in [0.3, 0.4) is 0 Å². The second kappa shape index (κ2) is 5.20. The highest BCUT2D eigenvalue weighted by molar-refractivity contribution is 5.85. The van der Waals surface area contributed by atoms with Gasteiger partial charge in [-0.05, 0) is 25.1 Å². The average Bonchev–Trinajstić information content (AvgIpc) is 2.83. The summed E-state index contributed by atoms with van der Waals surface area (Å²) in [6, 6.07) is 10.2. The van der Waals surface area contributed by atoms with E-state index in [1.54, 1.807) is 6.20 Å². The number of nitrogens with zero attached hydrogens (tertiary/aromatic N) is 3. The van der Waals surface area contributed by atoms with Gasteiger partial charge in [-0.2, -0.15) is 0 Å². The summed E-state index contributed by atoms with van der Waals surface area (Å²) >= 11 is 0. The minimum atomic E-state index is 0.350. The third-order valence-corrected chi connectivity index (χ3v) is 3.75. The number of nitrogen functional groups attached to an aromatic ring is 1. The molecule has 108 valence electrons. The molecular weight excluding hydrogens is 260 g/mol. The Labute approximate surface area is 124 Å². The Balaban J connectivity index is 2.18. The smallest absolute Gasteiger partial charge is 0.131 e. The summed E-state index contributed by atoms with van der Waals surface area (Å²) in [5.74, 6) is 2.13. The van der Waals surface area contributed by atoms with E-state index < -0.39 is 0 Å². The molecule has 0 unspecified atom stereocenters. The molecule has 1 aromatic carbocycles. The monoisotopic (exact) mass is 280 g/mol. The zero-order valence-electron chi connectivity index (χ0n) is 12.7. The zero-order valence-corrected chi connectivity index (χ0v) is 12.7. The Bertz CT molecular complexity index is 787. The zero-order chi connectivity index (χ0) is 15.0. The molecule has 0 fully saturated rings. The van der Waals surface area contributed by atoms with Crippen LogP contribution < -0.4 is 5.73 Å². The summed E-state index contributed by atoms with van der Waals surface area (Å²) in [4.78, 5) is 9.12. The molecule has 0 saturated carbocycles. The van der Waals surface area contributed by atoms with E-state index in [4.69, 9.17) is 10.7 Å². The number of nitrogens with two attached hydrogens (primary N) is 1. The molecule has 4 nitrogen and oxygen atoms in total. The van der Waals surface area contributed by atoms with Crippen LogP contribution in [-0.2, 0) is 6.54 Å². The molecular formula is C17H20N4.